The molecule has 0 unspecified atom stereocenters. The molecule has 2 aromatic rings. The van der Waals surface area contributed by atoms with Crippen molar-refractivity contribution in [3.63, 3.8) is 0 Å². The molecule has 1 aliphatic rings. The van der Waals surface area contributed by atoms with E-state index >= 15 is 0 Å². The van der Waals surface area contributed by atoms with Gasteiger partial charge in [0.25, 0.3) is 0 Å². The van der Waals surface area contributed by atoms with E-state index in [0.717, 1.165) is 37.2 Å². The molecule has 0 N–H and O–H groups in total. The molecule has 0 atom stereocenters. The number of carbonyl (C=O) groups excluding carboxylic acids is 1. The highest BCUT2D eigenvalue weighted by Crippen LogP contribution is 2.42. The summed E-state index contributed by atoms with van der Waals surface area (Å²) in [5.74, 6) is -0.153. The van der Waals surface area contributed by atoms with Gasteiger partial charge in [-0.2, -0.15) is 0 Å². The van der Waals surface area contributed by atoms with Gasteiger partial charge in [-0.1, -0.05) is 62.4 Å². The number of hydrogen-bond acceptors (Lipinski definition) is 3. The molecule has 0 radical (unpaired) electrons. The van der Waals surface area contributed by atoms with Gasteiger partial charge in [0, 0.05) is 6.54 Å². The van der Waals surface area contributed by atoms with Crippen LogP contribution in [0.15, 0.2) is 48.5 Å². The minimum Gasteiger partial charge on any atom is -0.463 e. The molecule has 3 rings (SSSR count). The van der Waals surface area contributed by atoms with Gasteiger partial charge in [-0.15, -0.1) is 0 Å². The molecular formula is C22H27NO2. The summed E-state index contributed by atoms with van der Waals surface area (Å²) in [6.07, 6.45) is 0.870. The second kappa shape index (κ2) is 7.40. The summed E-state index contributed by atoms with van der Waals surface area (Å²) in [6.45, 7) is 9.40. The van der Waals surface area contributed by atoms with Gasteiger partial charge in [-0.3, -0.25) is 4.79 Å². The van der Waals surface area contributed by atoms with E-state index in [1.54, 1.807) is 0 Å². The van der Waals surface area contributed by atoms with Gasteiger partial charge in [-0.05, 0) is 48.7 Å². The lowest BCUT2D eigenvalue weighted by Gasteiger charge is -2.36. The number of hydrogen-bond donors (Lipinski definition) is 0. The maximum absolute atomic E-state index is 13.2. The van der Waals surface area contributed by atoms with Crippen LogP contribution < -0.4 is 0 Å². The molecule has 0 fully saturated rings. The van der Waals surface area contributed by atoms with E-state index in [-0.39, 0.29) is 5.97 Å². The Kier molecular flexibility index (Phi) is 5.24. The summed E-state index contributed by atoms with van der Waals surface area (Å²) < 4.78 is 5.75. The van der Waals surface area contributed by atoms with E-state index in [4.69, 9.17) is 4.74 Å². The van der Waals surface area contributed by atoms with Gasteiger partial charge in [0.2, 0.25) is 0 Å². The molecule has 0 saturated carbocycles. The third-order valence-corrected chi connectivity index (χ3v) is 5.44. The van der Waals surface area contributed by atoms with Crippen molar-refractivity contribution in [3.8, 4) is 0 Å². The Morgan fingerprint density at radius 1 is 1.00 bits per heavy atom. The lowest BCUT2D eigenvalue weighted by atomic mass is 9.68. The van der Waals surface area contributed by atoms with Crippen molar-refractivity contribution in [3.05, 3.63) is 70.8 Å². The average Bonchev–Trinajstić information content (AvgIpc) is 2.65. The van der Waals surface area contributed by atoms with Crippen LogP contribution in [0.4, 0.5) is 0 Å². The van der Waals surface area contributed by atoms with Crippen LogP contribution in [-0.2, 0) is 21.4 Å². The Hall–Kier alpha value is -2.13. The zero-order valence-corrected chi connectivity index (χ0v) is 15.4. The molecule has 0 saturated heterocycles. The van der Waals surface area contributed by atoms with Crippen LogP contribution in [0.2, 0.25) is 0 Å². The van der Waals surface area contributed by atoms with Crippen molar-refractivity contribution in [2.24, 2.45) is 0 Å². The third kappa shape index (κ3) is 3.21. The number of carbonyl (C=O) groups is 1. The third-order valence-electron chi connectivity index (χ3n) is 5.44. The quantitative estimate of drug-likeness (QED) is 0.751. The lowest BCUT2D eigenvalue weighted by Crippen LogP contribution is -2.40. The summed E-state index contributed by atoms with van der Waals surface area (Å²) >= 11 is 0. The molecule has 0 bridgehead atoms. The van der Waals surface area contributed by atoms with Crippen LogP contribution in [-0.4, -0.2) is 37.1 Å². The highest BCUT2D eigenvalue weighted by molar-refractivity contribution is 5.89. The van der Waals surface area contributed by atoms with E-state index in [1.165, 1.54) is 11.1 Å². The molecule has 1 aliphatic carbocycles. The number of likely N-dealkylation sites (N-methyl/N-ethyl adjacent to an activating group) is 1. The molecule has 132 valence electrons. The zero-order chi connectivity index (χ0) is 17.9. The smallest absolute Gasteiger partial charge is 0.320 e. The summed E-state index contributed by atoms with van der Waals surface area (Å²) in [6, 6.07) is 16.5. The van der Waals surface area contributed by atoms with Crippen LogP contribution >= 0.6 is 0 Å². The lowest BCUT2D eigenvalue weighted by molar-refractivity contribution is -0.148. The molecule has 2 aromatic carbocycles. The highest BCUT2D eigenvalue weighted by atomic mass is 16.5. The maximum Gasteiger partial charge on any atom is 0.320 e. The highest BCUT2D eigenvalue weighted by Gasteiger charge is 2.43. The topological polar surface area (TPSA) is 29.5 Å². The first-order valence-electron chi connectivity index (χ1n) is 9.17. The van der Waals surface area contributed by atoms with Crippen molar-refractivity contribution < 1.29 is 9.53 Å². The Balaban J connectivity index is 1.90. The Morgan fingerprint density at radius 2 is 1.52 bits per heavy atom. The number of ether oxygens (including phenoxy) is 1. The molecule has 3 heteroatoms. The van der Waals surface area contributed by atoms with Gasteiger partial charge in [0.1, 0.15) is 12.0 Å². The predicted molar refractivity (Wildman–Crippen MR) is 101 cm³/mol. The second-order valence-corrected chi connectivity index (χ2v) is 6.78. The molecular weight excluding hydrogens is 310 g/mol. The SMILES string of the molecule is CCN(CC)CCOC(=O)C1(C)c2ccccc2Cc2ccccc21. The Morgan fingerprint density at radius 3 is 2.04 bits per heavy atom. The molecule has 0 amide bonds. The maximum atomic E-state index is 13.2. The summed E-state index contributed by atoms with van der Waals surface area (Å²) in [7, 11) is 0. The van der Waals surface area contributed by atoms with Crippen LogP contribution in [0.3, 0.4) is 0 Å². The molecule has 0 spiro atoms. The first-order chi connectivity index (χ1) is 12.1. The van der Waals surface area contributed by atoms with E-state index in [2.05, 4.69) is 43.0 Å². The van der Waals surface area contributed by atoms with Gasteiger partial charge in [0.05, 0.1) is 0 Å². The summed E-state index contributed by atoms with van der Waals surface area (Å²) in [5, 5.41) is 0. The van der Waals surface area contributed by atoms with Crippen molar-refractivity contribution >= 4 is 5.97 Å². The number of nitrogens with zero attached hydrogens (tertiary/aromatic N) is 1. The number of benzene rings is 2. The average molecular weight is 337 g/mol. The fourth-order valence-electron chi connectivity index (χ4n) is 3.85. The number of rotatable bonds is 6. The summed E-state index contributed by atoms with van der Waals surface area (Å²) in [5.41, 5.74) is 3.83. The minimum atomic E-state index is -0.741. The Labute approximate surface area is 150 Å². The van der Waals surface area contributed by atoms with Crippen LogP contribution in [0, 0.1) is 0 Å². The van der Waals surface area contributed by atoms with E-state index in [9.17, 15) is 4.79 Å². The number of fused-ring (bicyclic) bond motifs is 2. The van der Waals surface area contributed by atoms with Gasteiger partial charge in [0.15, 0.2) is 0 Å². The largest absolute Gasteiger partial charge is 0.463 e. The van der Waals surface area contributed by atoms with Crippen LogP contribution in [0.25, 0.3) is 0 Å². The van der Waals surface area contributed by atoms with Gasteiger partial charge in [-0.25, -0.2) is 0 Å². The van der Waals surface area contributed by atoms with Crippen molar-refractivity contribution in [1.82, 2.24) is 4.90 Å². The zero-order valence-electron chi connectivity index (χ0n) is 15.4. The first kappa shape index (κ1) is 17.7. The molecule has 0 heterocycles. The van der Waals surface area contributed by atoms with Gasteiger partial charge >= 0.3 is 5.97 Å². The van der Waals surface area contributed by atoms with Crippen molar-refractivity contribution in [2.75, 3.05) is 26.2 Å². The molecule has 0 aromatic heterocycles. The van der Waals surface area contributed by atoms with E-state index in [0.29, 0.717) is 6.61 Å². The standard InChI is InChI=1S/C22H27NO2/c1-4-23(5-2)14-15-25-21(24)22(3)19-12-8-6-10-17(19)16-18-11-7-9-13-20(18)22/h6-13H,4-5,14-16H2,1-3H3. The minimum absolute atomic E-state index is 0.153. The first-order valence-corrected chi connectivity index (χ1v) is 9.17. The van der Waals surface area contributed by atoms with E-state index in [1.807, 2.05) is 31.2 Å². The molecule has 25 heavy (non-hydrogen) atoms. The molecule has 0 aliphatic heterocycles. The normalized spacial score (nSPS) is 14.7. The fraction of sp³-hybridized carbons (Fsp3) is 0.409. The van der Waals surface area contributed by atoms with E-state index < -0.39 is 5.41 Å². The summed E-state index contributed by atoms with van der Waals surface area (Å²) in [4.78, 5) is 15.4. The Bertz CT molecular complexity index is 704. The second-order valence-electron chi connectivity index (χ2n) is 6.78. The molecule has 3 nitrogen and oxygen atoms in total. The fourth-order valence-corrected chi connectivity index (χ4v) is 3.85. The predicted octanol–water partition coefficient (Wildman–Crippen LogP) is 3.78. The van der Waals surface area contributed by atoms with Gasteiger partial charge < -0.3 is 9.64 Å². The van der Waals surface area contributed by atoms with Crippen LogP contribution in [0.1, 0.15) is 43.0 Å². The number of esters is 1. The van der Waals surface area contributed by atoms with Crippen molar-refractivity contribution in [1.29, 1.82) is 0 Å². The van der Waals surface area contributed by atoms with Crippen molar-refractivity contribution in [2.45, 2.75) is 32.6 Å². The van der Waals surface area contributed by atoms with Crippen LogP contribution in [0.5, 0.6) is 0 Å². The monoisotopic (exact) mass is 337 g/mol.